The maximum atomic E-state index is 12.6. The number of nitro benzene ring substituents is 1. The Labute approximate surface area is 194 Å². The molecule has 0 aliphatic rings. The number of nitrogens with zero attached hydrogens (tertiary/aromatic N) is 3. The number of carbonyl (C=O) groups excluding carboxylic acids is 1. The number of carbonyl (C=O) groups is 1. The minimum absolute atomic E-state index is 0.220. The number of rotatable bonds is 10. The van der Waals surface area contributed by atoms with Crippen LogP contribution >= 0.6 is 11.3 Å². The quantitative estimate of drug-likeness (QED) is 0.334. The summed E-state index contributed by atoms with van der Waals surface area (Å²) in [6, 6.07) is 8.62. The maximum absolute atomic E-state index is 12.6. The fraction of sp³-hybridized carbons (Fsp3) is 0.300. The first kappa shape index (κ1) is 24.4. The first-order chi connectivity index (χ1) is 15.7. The minimum Gasteiger partial charge on any atom is -0.497 e. The Morgan fingerprint density at radius 3 is 2.58 bits per heavy atom. The first-order valence-electron chi connectivity index (χ1n) is 9.85. The van der Waals surface area contributed by atoms with Crippen molar-refractivity contribution in [2.45, 2.75) is 18.7 Å². The Morgan fingerprint density at radius 2 is 1.94 bits per heavy atom. The SMILES string of the molecule is CCN(CC)S(=O)(=O)c1ccc(OCC(=O)Nc2nc3ccc(OC)cc3s2)c([N+](=O)[O-])c1. The summed E-state index contributed by atoms with van der Waals surface area (Å²) in [5.74, 6) is -0.135. The molecule has 0 bridgehead atoms. The molecule has 3 aromatic rings. The van der Waals surface area contributed by atoms with Crippen LogP contribution in [-0.2, 0) is 14.8 Å². The molecule has 13 heteroatoms. The highest BCUT2D eigenvalue weighted by Crippen LogP contribution is 2.32. The number of hydrogen-bond donors (Lipinski definition) is 1. The number of nitrogens with one attached hydrogen (secondary N) is 1. The van der Waals surface area contributed by atoms with Gasteiger partial charge in [0.25, 0.3) is 5.91 Å². The van der Waals surface area contributed by atoms with Crippen molar-refractivity contribution in [1.82, 2.24) is 9.29 Å². The zero-order valence-corrected chi connectivity index (χ0v) is 19.7. The summed E-state index contributed by atoms with van der Waals surface area (Å²) in [5.41, 5.74) is 0.126. The van der Waals surface area contributed by atoms with Gasteiger partial charge in [-0.1, -0.05) is 25.2 Å². The second kappa shape index (κ2) is 10.1. The van der Waals surface area contributed by atoms with E-state index in [2.05, 4.69) is 10.3 Å². The van der Waals surface area contributed by atoms with E-state index in [4.69, 9.17) is 9.47 Å². The monoisotopic (exact) mass is 494 g/mol. The third kappa shape index (κ3) is 5.38. The van der Waals surface area contributed by atoms with E-state index in [1.54, 1.807) is 39.2 Å². The average Bonchev–Trinajstić information content (AvgIpc) is 3.19. The molecular weight excluding hydrogens is 472 g/mol. The number of anilines is 1. The second-order valence-corrected chi connectivity index (χ2v) is 9.63. The molecule has 0 saturated heterocycles. The van der Waals surface area contributed by atoms with Crippen LogP contribution in [0, 0.1) is 10.1 Å². The highest BCUT2D eigenvalue weighted by molar-refractivity contribution is 7.89. The largest absolute Gasteiger partial charge is 0.497 e. The van der Waals surface area contributed by atoms with Crippen LogP contribution in [0.2, 0.25) is 0 Å². The smallest absolute Gasteiger partial charge is 0.312 e. The molecule has 0 saturated carbocycles. The summed E-state index contributed by atoms with van der Waals surface area (Å²) >= 11 is 1.24. The molecule has 0 spiro atoms. The number of ether oxygens (including phenoxy) is 2. The van der Waals surface area contributed by atoms with Gasteiger partial charge >= 0.3 is 5.69 Å². The maximum Gasteiger partial charge on any atom is 0.312 e. The average molecular weight is 495 g/mol. The van der Waals surface area contributed by atoms with Crippen LogP contribution in [0.4, 0.5) is 10.8 Å². The molecule has 0 unspecified atom stereocenters. The lowest BCUT2D eigenvalue weighted by Gasteiger charge is -2.18. The number of aromatic nitrogens is 1. The van der Waals surface area contributed by atoms with Crippen molar-refractivity contribution in [2.75, 3.05) is 32.1 Å². The van der Waals surface area contributed by atoms with Crippen LogP contribution in [0.1, 0.15) is 13.8 Å². The van der Waals surface area contributed by atoms with Crippen molar-refractivity contribution < 1.29 is 27.6 Å². The summed E-state index contributed by atoms with van der Waals surface area (Å²) in [5, 5.41) is 14.4. The minimum atomic E-state index is -3.89. The Hall–Kier alpha value is -3.29. The summed E-state index contributed by atoms with van der Waals surface area (Å²) in [4.78, 5) is 27.1. The third-order valence-corrected chi connectivity index (χ3v) is 7.65. The lowest BCUT2D eigenvalue weighted by Crippen LogP contribution is -2.30. The molecule has 0 radical (unpaired) electrons. The standard InChI is InChI=1S/C20H22N4O7S2/c1-4-23(5-2)33(28,29)14-7-9-17(16(11-14)24(26)27)31-12-19(25)22-20-21-15-8-6-13(30-3)10-18(15)32-20/h6-11H,4-5,12H2,1-3H3,(H,21,22,25). The second-order valence-electron chi connectivity index (χ2n) is 6.67. The number of amides is 1. The molecule has 1 aromatic heterocycles. The molecule has 11 nitrogen and oxygen atoms in total. The van der Waals surface area contributed by atoms with E-state index in [1.165, 1.54) is 27.8 Å². The Bertz CT molecular complexity index is 1290. The number of sulfonamides is 1. The highest BCUT2D eigenvalue weighted by atomic mass is 32.2. The molecule has 0 atom stereocenters. The van der Waals surface area contributed by atoms with Gasteiger partial charge in [-0.15, -0.1) is 0 Å². The van der Waals surface area contributed by atoms with E-state index in [9.17, 15) is 23.3 Å². The molecule has 3 rings (SSSR count). The van der Waals surface area contributed by atoms with E-state index in [-0.39, 0.29) is 23.7 Å². The van der Waals surface area contributed by atoms with Crippen LogP contribution in [0.3, 0.4) is 0 Å². The van der Waals surface area contributed by atoms with Gasteiger partial charge in [0.1, 0.15) is 5.75 Å². The fourth-order valence-corrected chi connectivity index (χ4v) is 5.41. The van der Waals surface area contributed by atoms with Crippen LogP contribution in [0.15, 0.2) is 41.3 Å². The molecule has 1 N–H and O–H groups in total. The molecule has 176 valence electrons. The zero-order valence-electron chi connectivity index (χ0n) is 18.1. The Balaban J connectivity index is 1.74. The van der Waals surface area contributed by atoms with Crippen molar-refractivity contribution in [3.8, 4) is 11.5 Å². The normalized spacial score (nSPS) is 11.5. The van der Waals surface area contributed by atoms with Gasteiger partial charge in [-0.25, -0.2) is 13.4 Å². The molecule has 33 heavy (non-hydrogen) atoms. The molecule has 1 amide bonds. The summed E-state index contributed by atoms with van der Waals surface area (Å²) < 4.78 is 37.8. The lowest BCUT2D eigenvalue weighted by molar-refractivity contribution is -0.386. The Morgan fingerprint density at radius 1 is 1.21 bits per heavy atom. The molecule has 0 aliphatic heterocycles. The number of methoxy groups -OCH3 is 1. The van der Waals surface area contributed by atoms with Crippen molar-refractivity contribution in [3.05, 3.63) is 46.5 Å². The Kier molecular flexibility index (Phi) is 7.46. The van der Waals surface area contributed by atoms with E-state index >= 15 is 0 Å². The van der Waals surface area contributed by atoms with Gasteiger partial charge in [0.05, 0.1) is 27.1 Å². The third-order valence-electron chi connectivity index (χ3n) is 4.67. The lowest BCUT2D eigenvalue weighted by atomic mass is 10.3. The molecule has 1 heterocycles. The predicted molar refractivity (Wildman–Crippen MR) is 123 cm³/mol. The van der Waals surface area contributed by atoms with Crippen molar-refractivity contribution in [3.63, 3.8) is 0 Å². The number of benzene rings is 2. The highest BCUT2D eigenvalue weighted by Gasteiger charge is 2.26. The van der Waals surface area contributed by atoms with Gasteiger partial charge in [-0.05, 0) is 30.3 Å². The van der Waals surface area contributed by atoms with Gasteiger partial charge in [0.15, 0.2) is 17.5 Å². The van der Waals surface area contributed by atoms with E-state index in [0.717, 1.165) is 10.8 Å². The van der Waals surface area contributed by atoms with E-state index < -0.39 is 33.1 Å². The van der Waals surface area contributed by atoms with Crippen molar-refractivity contribution in [1.29, 1.82) is 0 Å². The van der Waals surface area contributed by atoms with Gasteiger partial charge in [0, 0.05) is 19.2 Å². The number of nitro groups is 1. The molecule has 0 fully saturated rings. The number of hydrogen-bond acceptors (Lipinski definition) is 9. The molecule has 0 aliphatic carbocycles. The first-order valence-corrected chi connectivity index (χ1v) is 12.1. The fourth-order valence-electron chi connectivity index (χ4n) is 3.02. The van der Waals surface area contributed by atoms with Crippen LogP contribution in [0.25, 0.3) is 10.2 Å². The van der Waals surface area contributed by atoms with Crippen molar-refractivity contribution in [2.24, 2.45) is 0 Å². The summed E-state index contributed by atoms with van der Waals surface area (Å²) in [7, 11) is -2.34. The van der Waals surface area contributed by atoms with Crippen LogP contribution in [-0.4, -0.2) is 55.3 Å². The van der Waals surface area contributed by atoms with E-state index in [1.807, 2.05) is 0 Å². The summed E-state index contributed by atoms with van der Waals surface area (Å²) in [6.45, 7) is 3.27. The zero-order chi connectivity index (χ0) is 24.2. The molecule has 2 aromatic carbocycles. The number of fused-ring (bicyclic) bond motifs is 1. The van der Waals surface area contributed by atoms with Crippen LogP contribution < -0.4 is 14.8 Å². The van der Waals surface area contributed by atoms with Gasteiger partial charge in [0.2, 0.25) is 10.0 Å². The number of thiazole rings is 1. The van der Waals surface area contributed by atoms with E-state index in [0.29, 0.717) is 16.4 Å². The van der Waals surface area contributed by atoms with Gasteiger partial charge in [-0.2, -0.15) is 4.31 Å². The molecular formula is C20H22N4O7S2. The topological polar surface area (TPSA) is 141 Å². The predicted octanol–water partition coefficient (Wildman–Crippen LogP) is 3.26. The van der Waals surface area contributed by atoms with Gasteiger partial charge in [-0.3, -0.25) is 20.2 Å². The van der Waals surface area contributed by atoms with Crippen molar-refractivity contribution >= 4 is 48.3 Å². The van der Waals surface area contributed by atoms with Crippen LogP contribution in [0.5, 0.6) is 11.5 Å². The van der Waals surface area contributed by atoms with Gasteiger partial charge < -0.3 is 9.47 Å². The summed E-state index contributed by atoms with van der Waals surface area (Å²) in [6.07, 6.45) is 0.